The molecule has 3 heteroatoms. The first-order valence-electron chi connectivity index (χ1n) is 7.28. The Kier molecular flexibility index (Phi) is 4.14. The van der Waals surface area contributed by atoms with Crippen molar-refractivity contribution >= 4 is 15.9 Å². The van der Waals surface area contributed by atoms with E-state index in [4.69, 9.17) is 0 Å². The van der Waals surface area contributed by atoms with Crippen LogP contribution in [0.1, 0.15) is 29.5 Å². The molecule has 1 N–H and O–H groups in total. The average molecular weight is 349 g/mol. The van der Waals surface area contributed by atoms with Crippen LogP contribution in [0.2, 0.25) is 0 Å². The Morgan fingerprint density at radius 1 is 1.19 bits per heavy atom. The van der Waals surface area contributed by atoms with Crippen molar-refractivity contribution in [2.75, 3.05) is 6.61 Å². The largest absolute Gasteiger partial charge is 0.395 e. The molecule has 3 rings (SSSR count). The van der Waals surface area contributed by atoms with E-state index in [1.807, 2.05) is 12.1 Å². The van der Waals surface area contributed by atoms with E-state index < -0.39 is 0 Å². The molecule has 110 valence electrons. The van der Waals surface area contributed by atoms with Crippen molar-refractivity contribution in [2.45, 2.75) is 31.1 Å². The quantitative estimate of drug-likeness (QED) is 0.871. The van der Waals surface area contributed by atoms with Crippen LogP contribution in [0.3, 0.4) is 0 Å². The molecule has 0 saturated carbocycles. The lowest BCUT2D eigenvalue weighted by Gasteiger charge is -2.38. The Bertz CT molecular complexity index is 655. The summed E-state index contributed by atoms with van der Waals surface area (Å²) in [6, 6.07) is 13.1. The van der Waals surface area contributed by atoms with Crippen LogP contribution in [0.25, 0.3) is 0 Å². The molecular weight excluding hydrogens is 331 g/mol. The van der Waals surface area contributed by atoms with Crippen molar-refractivity contribution in [1.82, 2.24) is 0 Å². The molecule has 2 aromatic rings. The Labute approximate surface area is 132 Å². The van der Waals surface area contributed by atoms with Gasteiger partial charge in [0, 0.05) is 9.89 Å². The van der Waals surface area contributed by atoms with Crippen molar-refractivity contribution in [2.24, 2.45) is 0 Å². The second-order valence-electron chi connectivity index (χ2n) is 5.86. The topological polar surface area (TPSA) is 20.2 Å². The second kappa shape index (κ2) is 5.90. The Hall–Kier alpha value is -1.19. The fourth-order valence-electron chi connectivity index (χ4n) is 3.45. The van der Waals surface area contributed by atoms with E-state index in [0.717, 1.165) is 29.3 Å². The summed E-state index contributed by atoms with van der Waals surface area (Å²) >= 11 is 3.50. The van der Waals surface area contributed by atoms with Gasteiger partial charge < -0.3 is 5.11 Å². The summed E-state index contributed by atoms with van der Waals surface area (Å²) in [5.41, 5.74) is 3.14. The van der Waals surface area contributed by atoms with E-state index in [1.165, 1.54) is 17.2 Å². The van der Waals surface area contributed by atoms with Gasteiger partial charge in [-0.15, -0.1) is 0 Å². The SMILES string of the molecule is OCC1(Cc2cc(F)ccc2Br)CCCc2ccccc21. The zero-order valence-corrected chi connectivity index (χ0v) is 13.4. The van der Waals surface area contributed by atoms with Crippen molar-refractivity contribution in [3.63, 3.8) is 0 Å². The van der Waals surface area contributed by atoms with Gasteiger partial charge in [-0.3, -0.25) is 0 Å². The summed E-state index contributed by atoms with van der Waals surface area (Å²) in [6.07, 6.45) is 3.70. The second-order valence-corrected chi connectivity index (χ2v) is 6.72. The maximum Gasteiger partial charge on any atom is 0.123 e. The lowest BCUT2D eigenvalue weighted by atomic mass is 9.67. The molecule has 0 saturated heterocycles. The summed E-state index contributed by atoms with van der Waals surface area (Å²) < 4.78 is 14.4. The van der Waals surface area contributed by atoms with Crippen molar-refractivity contribution in [1.29, 1.82) is 0 Å². The highest BCUT2D eigenvalue weighted by Crippen LogP contribution is 2.40. The molecule has 1 aliphatic carbocycles. The summed E-state index contributed by atoms with van der Waals surface area (Å²) in [5.74, 6) is -0.231. The van der Waals surface area contributed by atoms with Crippen molar-refractivity contribution in [3.8, 4) is 0 Å². The van der Waals surface area contributed by atoms with E-state index in [9.17, 15) is 9.50 Å². The van der Waals surface area contributed by atoms with Gasteiger partial charge in [-0.05, 0) is 60.6 Å². The number of aryl methyl sites for hydroxylation is 1. The van der Waals surface area contributed by atoms with E-state index in [2.05, 4.69) is 28.1 Å². The Balaban J connectivity index is 2.04. The molecule has 1 nitrogen and oxygen atoms in total. The highest BCUT2D eigenvalue weighted by molar-refractivity contribution is 9.10. The fourth-order valence-corrected chi connectivity index (χ4v) is 3.84. The third-order valence-electron chi connectivity index (χ3n) is 4.53. The molecule has 1 atom stereocenters. The minimum atomic E-state index is -0.300. The third kappa shape index (κ3) is 2.77. The smallest absolute Gasteiger partial charge is 0.123 e. The number of rotatable bonds is 3. The number of hydrogen-bond acceptors (Lipinski definition) is 1. The van der Waals surface area contributed by atoms with Crippen LogP contribution in [-0.4, -0.2) is 11.7 Å². The number of hydrogen-bond donors (Lipinski definition) is 1. The molecule has 0 fully saturated rings. The Morgan fingerprint density at radius 2 is 2.00 bits per heavy atom. The van der Waals surface area contributed by atoms with Crippen LogP contribution in [0.15, 0.2) is 46.9 Å². The summed E-state index contributed by atoms with van der Waals surface area (Å²) in [7, 11) is 0. The van der Waals surface area contributed by atoms with Crippen LogP contribution >= 0.6 is 15.9 Å². The van der Waals surface area contributed by atoms with Gasteiger partial charge in [0.25, 0.3) is 0 Å². The van der Waals surface area contributed by atoms with Gasteiger partial charge in [-0.1, -0.05) is 40.2 Å². The number of aliphatic hydroxyl groups is 1. The lowest BCUT2D eigenvalue weighted by molar-refractivity contribution is 0.173. The van der Waals surface area contributed by atoms with Gasteiger partial charge >= 0.3 is 0 Å². The molecule has 0 spiro atoms. The predicted molar refractivity (Wildman–Crippen MR) is 85.9 cm³/mol. The van der Waals surface area contributed by atoms with Crippen LogP contribution in [-0.2, 0) is 18.3 Å². The van der Waals surface area contributed by atoms with Crippen LogP contribution in [0, 0.1) is 5.82 Å². The molecular formula is C18H18BrFO. The minimum absolute atomic E-state index is 0.0902. The highest BCUT2D eigenvalue weighted by Gasteiger charge is 2.36. The van der Waals surface area contributed by atoms with Gasteiger partial charge in [0.05, 0.1) is 6.61 Å². The third-order valence-corrected chi connectivity index (χ3v) is 5.30. The van der Waals surface area contributed by atoms with Crippen molar-refractivity contribution < 1.29 is 9.50 Å². The molecule has 2 aromatic carbocycles. The summed E-state index contributed by atoms with van der Waals surface area (Å²) in [5, 5.41) is 10.1. The van der Waals surface area contributed by atoms with E-state index in [-0.39, 0.29) is 17.8 Å². The monoisotopic (exact) mass is 348 g/mol. The summed E-state index contributed by atoms with van der Waals surface area (Å²) in [6.45, 7) is 0.0902. The van der Waals surface area contributed by atoms with Gasteiger partial charge in [0.2, 0.25) is 0 Å². The summed E-state index contributed by atoms with van der Waals surface area (Å²) in [4.78, 5) is 0. The maximum absolute atomic E-state index is 13.5. The van der Waals surface area contributed by atoms with Crippen LogP contribution in [0.5, 0.6) is 0 Å². The van der Waals surface area contributed by atoms with Gasteiger partial charge in [0.15, 0.2) is 0 Å². The first-order valence-corrected chi connectivity index (χ1v) is 8.07. The number of fused-ring (bicyclic) bond motifs is 1. The minimum Gasteiger partial charge on any atom is -0.395 e. The van der Waals surface area contributed by atoms with Crippen molar-refractivity contribution in [3.05, 3.63) is 69.4 Å². The molecule has 0 bridgehead atoms. The Morgan fingerprint density at radius 3 is 2.81 bits per heavy atom. The van der Waals surface area contributed by atoms with E-state index in [1.54, 1.807) is 12.1 Å². The molecule has 1 aliphatic rings. The van der Waals surface area contributed by atoms with E-state index >= 15 is 0 Å². The maximum atomic E-state index is 13.5. The van der Waals surface area contributed by atoms with E-state index in [0.29, 0.717) is 6.42 Å². The molecule has 21 heavy (non-hydrogen) atoms. The zero-order valence-electron chi connectivity index (χ0n) is 11.8. The first kappa shape index (κ1) is 14.7. The van der Waals surface area contributed by atoms with Gasteiger partial charge in [-0.2, -0.15) is 0 Å². The number of halogens is 2. The standard InChI is InChI=1S/C18H18BrFO/c19-17-8-7-15(20)10-14(17)11-18(12-21)9-3-5-13-4-1-2-6-16(13)18/h1-2,4,6-8,10,21H,3,5,9,11-12H2. The molecule has 1 unspecified atom stereocenters. The molecule has 0 radical (unpaired) electrons. The van der Waals surface area contributed by atoms with Gasteiger partial charge in [0.1, 0.15) is 5.82 Å². The number of aliphatic hydroxyl groups excluding tert-OH is 1. The number of benzene rings is 2. The highest BCUT2D eigenvalue weighted by atomic mass is 79.9. The van der Waals surface area contributed by atoms with Crippen LogP contribution < -0.4 is 0 Å². The normalized spacial score (nSPS) is 21.1. The molecule has 0 aromatic heterocycles. The van der Waals surface area contributed by atoms with Crippen LogP contribution in [0.4, 0.5) is 4.39 Å². The molecule has 0 heterocycles. The predicted octanol–water partition coefficient (Wildman–Crippen LogP) is 4.40. The molecule has 0 amide bonds. The lowest BCUT2D eigenvalue weighted by Crippen LogP contribution is -2.37. The first-order chi connectivity index (χ1) is 10.1. The van der Waals surface area contributed by atoms with Gasteiger partial charge in [-0.25, -0.2) is 4.39 Å². The fraction of sp³-hybridized carbons (Fsp3) is 0.333. The zero-order chi connectivity index (χ0) is 14.9. The average Bonchev–Trinajstić information content (AvgIpc) is 2.51. The molecule has 0 aliphatic heterocycles.